The van der Waals surface area contributed by atoms with Crippen molar-refractivity contribution in [3.63, 3.8) is 0 Å². The van der Waals surface area contributed by atoms with E-state index in [1.54, 1.807) is 0 Å². The van der Waals surface area contributed by atoms with Gasteiger partial charge in [-0.1, -0.05) is 0 Å². The maximum absolute atomic E-state index is 11.7. The van der Waals surface area contributed by atoms with Crippen molar-refractivity contribution in [1.29, 1.82) is 0 Å². The molecule has 2 N–H and O–H groups in total. The Morgan fingerprint density at radius 3 is 3.06 bits per heavy atom. The Balaban J connectivity index is 2.11. The predicted octanol–water partition coefficient (Wildman–Crippen LogP) is 1.11. The molecule has 5 nitrogen and oxygen atoms in total. The third-order valence-electron chi connectivity index (χ3n) is 2.46. The Hall–Kier alpha value is -1.14. The molecule has 86 valence electrons. The number of hydrogen-bond donors (Lipinski definition) is 2. The first-order chi connectivity index (χ1) is 7.68. The molecular weight excluding hydrogens is 276 g/mol. The van der Waals surface area contributed by atoms with Gasteiger partial charge in [-0.15, -0.1) is 0 Å². The number of hydrogen-bond acceptors (Lipinski definition) is 3. The summed E-state index contributed by atoms with van der Waals surface area (Å²) in [5, 5.41) is 2.60. The van der Waals surface area contributed by atoms with Gasteiger partial charge in [0, 0.05) is 19.0 Å². The van der Waals surface area contributed by atoms with Gasteiger partial charge in [0.1, 0.15) is 5.69 Å². The summed E-state index contributed by atoms with van der Waals surface area (Å²) >= 11 is 3.10. The van der Waals surface area contributed by atoms with E-state index in [-0.39, 0.29) is 22.9 Å². The smallest absolute Gasteiger partial charge is 0.230 e. The van der Waals surface area contributed by atoms with Crippen LogP contribution >= 0.6 is 15.9 Å². The van der Waals surface area contributed by atoms with Gasteiger partial charge in [-0.3, -0.25) is 9.59 Å². The monoisotopic (exact) mass is 286 g/mol. The van der Waals surface area contributed by atoms with Crippen LogP contribution in [0.2, 0.25) is 0 Å². The highest BCUT2D eigenvalue weighted by Gasteiger charge is 2.24. The maximum Gasteiger partial charge on any atom is 0.230 e. The molecule has 16 heavy (non-hydrogen) atoms. The van der Waals surface area contributed by atoms with Crippen molar-refractivity contribution < 1.29 is 9.53 Å². The van der Waals surface area contributed by atoms with E-state index < -0.39 is 0 Å². The third kappa shape index (κ3) is 2.33. The van der Waals surface area contributed by atoms with Gasteiger partial charge < -0.3 is 15.0 Å². The van der Waals surface area contributed by atoms with E-state index in [1.807, 2.05) is 0 Å². The van der Waals surface area contributed by atoms with Gasteiger partial charge in [0.05, 0.1) is 17.0 Å². The molecule has 6 heteroatoms. The van der Waals surface area contributed by atoms with Crippen LogP contribution in [-0.4, -0.2) is 24.1 Å². The molecule has 1 amide bonds. The summed E-state index contributed by atoms with van der Waals surface area (Å²) in [4.78, 5) is 26.1. The summed E-state index contributed by atoms with van der Waals surface area (Å²) in [5.74, 6) is -0.320. The van der Waals surface area contributed by atoms with Crippen LogP contribution in [0.15, 0.2) is 21.7 Å². The molecule has 0 aliphatic carbocycles. The third-order valence-corrected chi connectivity index (χ3v) is 3.05. The van der Waals surface area contributed by atoms with E-state index >= 15 is 0 Å². The fourth-order valence-electron chi connectivity index (χ4n) is 1.53. The lowest BCUT2D eigenvalue weighted by molar-refractivity contribution is -0.119. The van der Waals surface area contributed by atoms with Crippen molar-refractivity contribution in [2.75, 3.05) is 18.5 Å². The number of nitrogens with one attached hydrogen (secondary N) is 2. The minimum absolute atomic E-state index is 0.154. The summed E-state index contributed by atoms with van der Waals surface area (Å²) in [7, 11) is 0. The molecule has 0 spiro atoms. The van der Waals surface area contributed by atoms with E-state index in [1.165, 1.54) is 12.4 Å². The number of rotatable bonds is 2. The van der Waals surface area contributed by atoms with Gasteiger partial charge in [0.2, 0.25) is 11.3 Å². The molecule has 2 heterocycles. The van der Waals surface area contributed by atoms with Gasteiger partial charge in [-0.25, -0.2) is 0 Å². The molecule has 1 fully saturated rings. The average molecular weight is 287 g/mol. The van der Waals surface area contributed by atoms with Crippen LogP contribution in [-0.2, 0) is 9.53 Å². The molecule has 1 aliphatic rings. The van der Waals surface area contributed by atoms with Crippen LogP contribution in [0.4, 0.5) is 5.69 Å². The second-order valence-electron chi connectivity index (χ2n) is 3.60. The second-order valence-corrected chi connectivity index (χ2v) is 4.45. The van der Waals surface area contributed by atoms with Gasteiger partial charge in [0.15, 0.2) is 0 Å². The van der Waals surface area contributed by atoms with Crippen molar-refractivity contribution >= 4 is 27.5 Å². The van der Waals surface area contributed by atoms with E-state index in [0.29, 0.717) is 24.1 Å². The van der Waals surface area contributed by atoms with Crippen LogP contribution in [0.25, 0.3) is 0 Å². The number of aromatic amines is 1. The molecule has 0 saturated carbocycles. The molecule has 1 saturated heterocycles. The normalized spacial score (nSPS) is 19.7. The highest BCUT2D eigenvalue weighted by molar-refractivity contribution is 9.10. The summed E-state index contributed by atoms with van der Waals surface area (Å²) < 4.78 is 5.51. The predicted molar refractivity (Wildman–Crippen MR) is 62.3 cm³/mol. The number of carbonyl (C=O) groups excluding carboxylic acids is 1. The molecule has 2 rings (SSSR count). The first-order valence-corrected chi connectivity index (χ1v) is 5.73. The number of halogens is 1. The molecule has 0 aromatic carbocycles. The highest BCUT2D eigenvalue weighted by Crippen LogP contribution is 2.14. The minimum Gasteiger partial charge on any atom is -0.381 e. The maximum atomic E-state index is 11.7. The fraction of sp³-hybridized carbons (Fsp3) is 0.400. The van der Waals surface area contributed by atoms with Crippen molar-refractivity contribution in [3.8, 4) is 0 Å². The van der Waals surface area contributed by atoms with Gasteiger partial charge in [0.25, 0.3) is 0 Å². The number of pyridine rings is 1. The van der Waals surface area contributed by atoms with Crippen molar-refractivity contribution in [1.82, 2.24) is 4.98 Å². The van der Waals surface area contributed by atoms with Crippen LogP contribution in [0.5, 0.6) is 0 Å². The average Bonchev–Trinajstić information content (AvgIpc) is 2.78. The lowest BCUT2D eigenvalue weighted by Crippen LogP contribution is -2.26. The molecular formula is C10H11BrN2O3. The minimum atomic E-state index is -0.231. The van der Waals surface area contributed by atoms with E-state index in [9.17, 15) is 9.59 Å². The summed E-state index contributed by atoms with van der Waals surface area (Å²) in [6.07, 6.45) is 3.70. The van der Waals surface area contributed by atoms with Gasteiger partial charge >= 0.3 is 0 Å². The molecule has 1 aliphatic heterocycles. The summed E-state index contributed by atoms with van der Waals surface area (Å²) in [5.41, 5.74) is 0.0253. The lowest BCUT2D eigenvalue weighted by Gasteiger charge is -2.08. The SMILES string of the molecule is O=C(Nc1c[nH]cc(Br)c1=O)[C@@H]1CCOC1. The summed E-state index contributed by atoms with van der Waals surface area (Å²) in [6, 6.07) is 0. The zero-order valence-corrected chi connectivity index (χ0v) is 10.0. The number of aromatic nitrogens is 1. The first kappa shape index (κ1) is 11.3. The van der Waals surface area contributed by atoms with E-state index in [4.69, 9.17) is 4.74 Å². The van der Waals surface area contributed by atoms with Gasteiger partial charge in [-0.05, 0) is 22.4 Å². The van der Waals surface area contributed by atoms with Crippen LogP contribution in [0.3, 0.4) is 0 Å². The first-order valence-electron chi connectivity index (χ1n) is 4.93. The van der Waals surface area contributed by atoms with E-state index in [0.717, 1.165) is 0 Å². The lowest BCUT2D eigenvalue weighted by atomic mass is 10.1. The molecule has 0 unspecified atom stereocenters. The zero-order valence-electron chi connectivity index (χ0n) is 8.46. The molecule has 1 atom stereocenters. The van der Waals surface area contributed by atoms with Crippen molar-refractivity contribution in [3.05, 3.63) is 27.1 Å². The highest BCUT2D eigenvalue weighted by atomic mass is 79.9. The number of anilines is 1. The Morgan fingerprint density at radius 1 is 1.56 bits per heavy atom. The second kappa shape index (κ2) is 4.80. The standard InChI is InChI=1S/C10H11BrN2O3/c11-7-3-12-4-8(9(7)14)13-10(15)6-1-2-16-5-6/h3-4,6H,1-2,5H2,(H,12,14)(H,13,15)/t6-/m1/s1. The van der Waals surface area contributed by atoms with Crippen LogP contribution < -0.4 is 10.7 Å². The van der Waals surface area contributed by atoms with E-state index in [2.05, 4.69) is 26.2 Å². The molecule has 0 bridgehead atoms. The quantitative estimate of drug-likeness (QED) is 0.856. The largest absolute Gasteiger partial charge is 0.381 e. The molecule has 0 radical (unpaired) electrons. The fourth-order valence-corrected chi connectivity index (χ4v) is 1.87. The molecule has 1 aromatic rings. The Labute approximate surface area is 100 Å². The Morgan fingerprint density at radius 2 is 2.38 bits per heavy atom. The van der Waals surface area contributed by atoms with Crippen LogP contribution in [0, 0.1) is 5.92 Å². The van der Waals surface area contributed by atoms with Gasteiger partial charge in [-0.2, -0.15) is 0 Å². The van der Waals surface area contributed by atoms with Crippen molar-refractivity contribution in [2.24, 2.45) is 5.92 Å². The summed E-state index contributed by atoms with van der Waals surface area (Å²) in [6.45, 7) is 1.03. The Bertz CT molecular complexity index is 452. The Kier molecular flexibility index (Phi) is 3.40. The van der Waals surface area contributed by atoms with Crippen LogP contribution in [0.1, 0.15) is 6.42 Å². The number of amides is 1. The number of ether oxygens (including phenoxy) is 1. The zero-order chi connectivity index (χ0) is 11.5. The van der Waals surface area contributed by atoms with Crippen molar-refractivity contribution in [2.45, 2.75) is 6.42 Å². The molecule has 1 aromatic heterocycles. The number of H-pyrrole nitrogens is 1. The topological polar surface area (TPSA) is 71.2 Å². The number of carbonyl (C=O) groups is 1.